The minimum Gasteiger partial charge on any atom is -0.478 e. The van der Waals surface area contributed by atoms with Gasteiger partial charge in [-0.15, -0.1) is 0 Å². The van der Waals surface area contributed by atoms with Crippen LogP contribution in [0.15, 0.2) is 0 Å². The molecule has 2 aromatic rings. The Kier molecular flexibility index (Phi) is 3.75. The fourth-order valence-corrected chi connectivity index (χ4v) is 2.60. The number of nitrogens with zero attached hydrogens (tertiary/aromatic N) is 3. The van der Waals surface area contributed by atoms with Crippen LogP contribution in [0.1, 0.15) is 42.5 Å². The first-order valence-electron chi connectivity index (χ1n) is 6.36. The number of aryl methyl sites for hydroxylation is 3. The van der Waals surface area contributed by atoms with E-state index in [1.807, 2.05) is 20.8 Å². The van der Waals surface area contributed by atoms with Gasteiger partial charge in [-0.05, 0) is 19.8 Å². The Labute approximate surface area is 116 Å². The third-order valence-electron chi connectivity index (χ3n) is 3.15. The van der Waals surface area contributed by atoms with Crippen molar-refractivity contribution in [3.63, 3.8) is 0 Å². The van der Waals surface area contributed by atoms with Gasteiger partial charge in [0, 0.05) is 6.54 Å². The van der Waals surface area contributed by atoms with E-state index in [0.29, 0.717) is 36.1 Å². The molecule has 0 aliphatic carbocycles. The second kappa shape index (κ2) is 5.17. The zero-order valence-electron chi connectivity index (χ0n) is 11.2. The molecule has 0 fully saturated rings. The average molecular weight is 282 g/mol. The van der Waals surface area contributed by atoms with Gasteiger partial charge in [0.15, 0.2) is 5.65 Å². The van der Waals surface area contributed by atoms with Crippen LogP contribution >= 0.6 is 11.6 Å². The molecule has 2 heterocycles. The van der Waals surface area contributed by atoms with Gasteiger partial charge < -0.3 is 5.11 Å². The predicted molar refractivity (Wildman–Crippen MR) is 73.9 cm³/mol. The number of fused-ring (bicyclic) bond motifs is 1. The molecule has 0 aliphatic heterocycles. The smallest absolute Gasteiger partial charge is 0.339 e. The van der Waals surface area contributed by atoms with E-state index in [1.54, 1.807) is 4.68 Å². The molecule has 0 aromatic carbocycles. The molecular weight excluding hydrogens is 266 g/mol. The number of rotatable bonds is 4. The molecule has 2 aromatic heterocycles. The Bertz CT molecular complexity index is 649. The molecule has 102 valence electrons. The summed E-state index contributed by atoms with van der Waals surface area (Å²) in [5.41, 5.74) is 2.06. The summed E-state index contributed by atoms with van der Waals surface area (Å²) in [7, 11) is 0. The van der Waals surface area contributed by atoms with Gasteiger partial charge >= 0.3 is 5.97 Å². The minimum atomic E-state index is -1.04. The van der Waals surface area contributed by atoms with Crippen LogP contribution in [0.4, 0.5) is 0 Å². The van der Waals surface area contributed by atoms with E-state index >= 15 is 0 Å². The second-order valence-electron chi connectivity index (χ2n) is 4.22. The monoisotopic (exact) mass is 281 g/mol. The SMILES string of the molecule is CCc1nc2c(c(CC)nn2CC)c(Cl)c1C(=O)O. The predicted octanol–water partition coefficient (Wildman–Crippen LogP) is 2.93. The largest absolute Gasteiger partial charge is 0.478 e. The van der Waals surface area contributed by atoms with Gasteiger partial charge in [-0.25, -0.2) is 14.5 Å². The molecule has 0 saturated carbocycles. The van der Waals surface area contributed by atoms with Crippen molar-refractivity contribution in [1.29, 1.82) is 0 Å². The highest BCUT2D eigenvalue weighted by Gasteiger charge is 2.23. The molecule has 0 aliphatic rings. The lowest BCUT2D eigenvalue weighted by molar-refractivity contribution is 0.0695. The Morgan fingerprint density at radius 3 is 2.37 bits per heavy atom. The third-order valence-corrected chi connectivity index (χ3v) is 3.53. The van der Waals surface area contributed by atoms with Gasteiger partial charge in [0.25, 0.3) is 0 Å². The van der Waals surface area contributed by atoms with Crippen LogP contribution in [0, 0.1) is 0 Å². The number of pyridine rings is 1. The van der Waals surface area contributed by atoms with E-state index < -0.39 is 5.97 Å². The zero-order chi connectivity index (χ0) is 14.2. The van der Waals surface area contributed by atoms with Crippen LogP contribution in [0.3, 0.4) is 0 Å². The van der Waals surface area contributed by atoms with E-state index in [2.05, 4.69) is 10.1 Å². The average Bonchev–Trinajstić information content (AvgIpc) is 2.75. The van der Waals surface area contributed by atoms with Crippen LogP contribution in [0.2, 0.25) is 5.02 Å². The topological polar surface area (TPSA) is 68.0 Å². The van der Waals surface area contributed by atoms with Crippen molar-refractivity contribution in [2.75, 3.05) is 0 Å². The number of carbonyl (C=O) groups is 1. The molecule has 0 unspecified atom stereocenters. The number of hydrogen-bond donors (Lipinski definition) is 1. The van der Waals surface area contributed by atoms with E-state index in [4.69, 9.17) is 11.6 Å². The highest BCUT2D eigenvalue weighted by molar-refractivity contribution is 6.38. The maximum absolute atomic E-state index is 11.4. The summed E-state index contributed by atoms with van der Waals surface area (Å²) < 4.78 is 1.77. The number of aromatic carboxylic acids is 1. The highest BCUT2D eigenvalue weighted by Crippen LogP contribution is 2.31. The second-order valence-corrected chi connectivity index (χ2v) is 4.60. The van der Waals surface area contributed by atoms with Gasteiger partial charge in [0.2, 0.25) is 0 Å². The molecule has 1 N–H and O–H groups in total. The maximum Gasteiger partial charge on any atom is 0.339 e. The number of hydrogen-bond acceptors (Lipinski definition) is 3. The van der Waals surface area contributed by atoms with Crippen LogP contribution in [0.25, 0.3) is 11.0 Å². The summed E-state index contributed by atoms with van der Waals surface area (Å²) in [6.45, 7) is 6.48. The van der Waals surface area contributed by atoms with Crippen LogP contribution in [0.5, 0.6) is 0 Å². The molecule has 5 nitrogen and oxygen atoms in total. The van der Waals surface area contributed by atoms with Gasteiger partial charge in [-0.2, -0.15) is 5.10 Å². The van der Waals surface area contributed by atoms with Crippen LogP contribution in [-0.2, 0) is 19.4 Å². The standard InChI is InChI=1S/C13H16ClN3O2/c1-4-7-10(13(18)19)11(14)9-8(5-2)16-17(6-3)12(9)15-7/h4-6H2,1-3H3,(H,18,19). The summed E-state index contributed by atoms with van der Waals surface area (Å²) >= 11 is 6.30. The van der Waals surface area contributed by atoms with Crippen molar-refractivity contribution in [2.24, 2.45) is 0 Å². The minimum absolute atomic E-state index is 0.0991. The lowest BCUT2D eigenvalue weighted by Crippen LogP contribution is -2.07. The van der Waals surface area contributed by atoms with Gasteiger partial charge in [-0.3, -0.25) is 0 Å². The summed E-state index contributed by atoms with van der Waals surface area (Å²) in [6.07, 6.45) is 1.21. The van der Waals surface area contributed by atoms with Crippen molar-refractivity contribution >= 4 is 28.6 Å². The Hall–Kier alpha value is -1.62. The lowest BCUT2D eigenvalue weighted by Gasteiger charge is -2.07. The fraction of sp³-hybridized carbons (Fsp3) is 0.462. The van der Waals surface area contributed by atoms with E-state index in [0.717, 1.165) is 5.69 Å². The number of halogens is 1. The van der Waals surface area contributed by atoms with Crippen molar-refractivity contribution in [2.45, 2.75) is 40.2 Å². The van der Waals surface area contributed by atoms with Crippen molar-refractivity contribution in [1.82, 2.24) is 14.8 Å². The Morgan fingerprint density at radius 2 is 1.89 bits per heavy atom. The third kappa shape index (κ3) is 2.08. The van der Waals surface area contributed by atoms with E-state index in [9.17, 15) is 9.90 Å². The van der Waals surface area contributed by atoms with Crippen molar-refractivity contribution in [3.8, 4) is 0 Å². The molecule has 6 heteroatoms. The molecular formula is C13H16ClN3O2. The number of carboxylic acids is 1. The highest BCUT2D eigenvalue weighted by atomic mass is 35.5. The summed E-state index contributed by atoms with van der Waals surface area (Å²) in [4.78, 5) is 15.8. The molecule has 19 heavy (non-hydrogen) atoms. The molecule has 0 atom stereocenters. The lowest BCUT2D eigenvalue weighted by atomic mass is 10.1. The number of aromatic nitrogens is 3. The van der Waals surface area contributed by atoms with Gasteiger partial charge in [0.1, 0.15) is 5.56 Å². The first-order chi connectivity index (χ1) is 9.04. The summed E-state index contributed by atoms with van der Waals surface area (Å²) in [6, 6.07) is 0. The normalized spacial score (nSPS) is 11.2. The van der Waals surface area contributed by atoms with Crippen molar-refractivity contribution in [3.05, 3.63) is 22.0 Å². The molecule has 0 radical (unpaired) electrons. The maximum atomic E-state index is 11.4. The number of carboxylic acid groups (broad SMARTS) is 1. The molecule has 0 spiro atoms. The van der Waals surface area contributed by atoms with Crippen molar-refractivity contribution < 1.29 is 9.90 Å². The first-order valence-corrected chi connectivity index (χ1v) is 6.73. The molecule has 0 saturated heterocycles. The summed E-state index contributed by atoms with van der Waals surface area (Å²) in [5, 5.41) is 14.7. The van der Waals surface area contributed by atoms with Gasteiger partial charge in [0.05, 0.1) is 21.8 Å². The fourth-order valence-electron chi connectivity index (χ4n) is 2.22. The van der Waals surface area contributed by atoms with Crippen LogP contribution < -0.4 is 0 Å². The zero-order valence-corrected chi connectivity index (χ0v) is 12.0. The molecule has 0 amide bonds. The summed E-state index contributed by atoms with van der Waals surface area (Å²) in [5.74, 6) is -1.04. The Balaban J connectivity index is 2.92. The van der Waals surface area contributed by atoms with E-state index in [1.165, 1.54) is 0 Å². The first kappa shape index (κ1) is 13.8. The molecule has 2 rings (SSSR count). The van der Waals surface area contributed by atoms with E-state index in [-0.39, 0.29) is 10.6 Å². The molecule has 0 bridgehead atoms. The van der Waals surface area contributed by atoms with Gasteiger partial charge in [-0.1, -0.05) is 25.4 Å². The van der Waals surface area contributed by atoms with Crippen LogP contribution in [-0.4, -0.2) is 25.8 Å². The quantitative estimate of drug-likeness (QED) is 0.935. The Morgan fingerprint density at radius 1 is 1.26 bits per heavy atom.